The number of aromatic hydroxyl groups is 1. The Morgan fingerprint density at radius 1 is 1.11 bits per heavy atom. The fourth-order valence-corrected chi connectivity index (χ4v) is 3.16. The van der Waals surface area contributed by atoms with Crippen LogP contribution in [0, 0.1) is 0 Å². The van der Waals surface area contributed by atoms with Crippen LogP contribution < -0.4 is 10.4 Å². The summed E-state index contributed by atoms with van der Waals surface area (Å²) >= 11 is 0. The van der Waals surface area contributed by atoms with Crippen LogP contribution in [0.5, 0.6) is 11.5 Å². The second-order valence-electron chi connectivity index (χ2n) is 6.36. The second-order valence-corrected chi connectivity index (χ2v) is 6.36. The average Bonchev–Trinajstić information content (AvgIpc) is 2.66. The maximum atomic E-state index is 13.2. The number of fused-ring (bicyclic) bond motifs is 2. The maximum absolute atomic E-state index is 13.2. The SMILES string of the molecule is O=c1oc2ccccc2c(O)c1C=NC1CC(C(F)(F)F)Oc2ccccc21. The normalized spacial score (nSPS) is 19.5. The number of hydrogen-bond acceptors (Lipinski definition) is 5. The number of ether oxygens (including phenoxy) is 1. The molecule has 28 heavy (non-hydrogen) atoms. The molecule has 0 radical (unpaired) electrons. The van der Waals surface area contributed by atoms with Crippen LogP contribution in [0.25, 0.3) is 11.0 Å². The van der Waals surface area contributed by atoms with E-state index in [4.69, 9.17) is 9.15 Å². The number of benzene rings is 2. The Morgan fingerprint density at radius 2 is 1.82 bits per heavy atom. The predicted octanol–water partition coefficient (Wildman–Crippen LogP) is 4.37. The zero-order valence-corrected chi connectivity index (χ0v) is 14.3. The molecule has 1 aromatic heterocycles. The van der Waals surface area contributed by atoms with Crippen LogP contribution in [-0.4, -0.2) is 23.6 Å². The molecule has 0 spiro atoms. The monoisotopic (exact) mass is 389 g/mol. The smallest absolute Gasteiger partial charge is 0.425 e. The van der Waals surface area contributed by atoms with Gasteiger partial charge in [0.2, 0.25) is 0 Å². The number of aliphatic imine (C=N–C) groups is 1. The van der Waals surface area contributed by atoms with Gasteiger partial charge in [-0.25, -0.2) is 4.79 Å². The van der Waals surface area contributed by atoms with Gasteiger partial charge in [0.05, 0.1) is 11.4 Å². The summed E-state index contributed by atoms with van der Waals surface area (Å²) in [6, 6.07) is 11.8. The second kappa shape index (κ2) is 6.70. The van der Waals surface area contributed by atoms with Gasteiger partial charge >= 0.3 is 11.8 Å². The third-order valence-corrected chi connectivity index (χ3v) is 4.55. The lowest BCUT2D eigenvalue weighted by atomic mass is 9.96. The minimum Gasteiger partial charge on any atom is -0.506 e. The minimum atomic E-state index is -4.55. The molecule has 0 amide bonds. The molecule has 0 fully saturated rings. The first-order valence-corrected chi connectivity index (χ1v) is 8.45. The largest absolute Gasteiger partial charge is 0.506 e. The molecule has 4 rings (SSSR count). The highest BCUT2D eigenvalue weighted by atomic mass is 19.4. The van der Waals surface area contributed by atoms with Crippen molar-refractivity contribution in [3.05, 3.63) is 70.1 Å². The van der Waals surface area contributed by atoms with E-state index in [-0.39, 0.29) is 22.6 Å². The Balaban J connectivity index is 1.75. The van der Waals surface area contributed by atoms with Gasteiger partial charge in [0, 0.05) is 18.2 Å². The topological polar surface area (TPSA) is 72.0 Å². The minimum absolute atomic E-state index is 0.0907. The van der Waals surface area contributed by atoms with Crippen molar-refractivity contribution < 1.29 is 27.4 Å². The van der Waals surface area contributed by atoms with Crippen molar-refractivity contribution in [3.63, 3.8) is 0 Å². The van der Waals surface area contributed by atoms with E-state index in [1.807, 2.05) is 0 Å². The summed E-state index contributed by atoms with van der Waals surface area (Å²) in [6.45, 7) is 0. The third-order valence-electron chi connectivity index (χ3n) is 4.55. The van der Waals surface area contributed by atoms with Gasteiger partial charge in [-0.2, -0.15) is 13.2 Å². The number of hydrogen-bond donors (Lipinski definition) is 1. The Labute approximate surface area is 156 Å². The van der Waals surface area contributed by atoms with Crippen molar-refractivity contribution in [2.45, 2.75) is 24.7 Å². The summed E-state index contributed by atoms with van der Waals surface area (Å²) in [5.41, 5.74) is -0.362. The van der Waals surface area contributed by atoms with Crippen LogP contribution in [0.4, 0.5) is 13.2 Å². The molecule has 5 nitrogen and oxygen atoms in total. The van der Waals surface area contributed by atoms with Crippen molar-refractivity contribution in [3.8, 4) is 11.5 Å². The number of alkyl halides is 3. The summed E-state index contributed by atoms with van der Waals surface area (Å²) in [4.78, 5) is 16.3. The third kappa shape index (κ3) is 3.21. The van der Waals surface area contributed by atoms with E-state index >= 15 is 0 Å². The zero-order chi connectivity index (χ0) is 19.9. The Bertz CT molecular complexity index is 1120. The van der Waals surface area contributed by atoms with Gasteiger partial charge in [0.15, 0.2) is 6.10 Å². The molecule has 1 aliphatic rings. The number of para-hydroxylation sites is 2. The Morgan fingerprint density at radius 3 is 2.61 bits per heavy atom. The molecule has 2 heterocycles. The summed E-state index contributed by atoms with van der Waals surface area (Å²) in [6.07, 6.45) is -5.93. The van der Waals surface area contributed by atoms with E-state index in [9.17, 15) is 23.1 Å². The molecule has 0 saturated heterocycles. The van der Waals surface area contributed by atoms with Gasteiger partial charge < -0.3 is 14.3 Å². The van der Waals surface area contributed by atoms with E-state index in [1.165, 1.54) is 12.1 Å². The average molecular weight is 389 g/mol. The number of halogens is 3. The van der Waals surface area contributed by atoms with Crippen molar-refractivity contribution in [1.82, 2.24) is 0 Å². The summed E-state index contributed by atoms with van der Waals surface area (Å²) in [5.74, 6) is -0.240. The quantitative estimate of drug-likeness (QED) is 0.522. The van der Waals surface area contributed by atoms with Crippen LogP contribution >= 0.6 is 0 Å². The van der Waals surface area contributed by atoms with Gasteiger partial charge in [-0.15, -0.1) is 0 Å². The van der Waals surface area contributed by atoms with Crippen LogP contribution in [0.2, 0.25) is 0 Å². The highest BCUT2D eigenvalue weighted by molar-refractivity contribution is 5.93. The summed E-state index contributed by atoms with van der Waals surface area (Å²) in [5, 5.41) is 10.7. The van der Waals surface area contributed by atoms with E-state index in [0.29, 0.717) is 10.9 Å². The molecule has 1 aliphatic heterocycles. The van der Waals surface area contributed by atoms with Gasteiger partial charge in [-0.1, -0.05) is 30.3 Å². The van der Waals surface area contributed by atoms with Gasteiger partial charge in [-0.3, -0.25) is 4.99 Å². The zero-order valence-electron chi connectivity index (χ0n) is 14.3. The molecule has 2 atom stereocenters. The van der Waals surface area contributed by atoms with E-state index < -0.39 is 30.4 Å². The van der Waals surface area contributed by atoms with E-state index in [1.54, 1.807) is 36.4 Å². The van der Waals surface area contributed by atoms with Crippen LogP contribution in [-0.2, 0) is 0 Å². The number of nitrogens with zero attached hydrogens (tertiary/aromatic N) is 1. The van der Waals surface area contributed by atoms with E-state index in [0.717, 1.165) is 6.21 Å². The molecular weight excluding hydrogens is 375 g/mol. The van der Waals surface area contributed by atoms with Crippen LogP contribution in [0.3, 0.4) is 0 Å². The van der Waals surface area contributed by atoms with E-state index in [2.05, 4.69) is 4.99 Å². The highest BCUT2D eigenvalue weighted by Crippen LogP contribution is 2.41. The Kier molecular flexibility index (Phi) is 4.33. The molecule has 1 N–H and O–H groups in total. The summed E-state index contributed by atoms with van der Waals surface area (Å²) < 4.78 is 49.8. The summed E-state index contributed by atoms with van der Waals surface area (Å²) in [7, 11) is 0. The lowest BCUT2D eigenvalue weighted by molar-refractivity contribution is -0.200. The van der Waals surface area contributed by atoms with Crippen LogP contribution in [0.1, 0.15) is 23.6 Å². The molecule has 3 aromatic rings. The predicted molar refractivity (Wildman–Crippen MR) is 96.0 cm³/mol. The fourth-order valence-electron chi connectivity index (χ4n) is 3.16. The van der Waals surface area contributed by atoms with Gasteiger partial charge in [0.1, 0.15) is 22.6 Å². The lowest BCUT2D eigenvalue weighted by Gasteiger charge is -2.31. The standard InChI is InChI=1S/C20H14F3NO4/c21-20(22,23)17-9-14(11-5-1-3-7-15(11)27-17)24-10-13-18(25)12-6-2-4-8-16(12)28-19(13)26/h1-8,10,14,17,25H,9H2. The van der Waals surface area contributed by atoms with Gasteiger partial charge in [0.25, 0.3) is 0 Å². The van der Waals surface area contributed by atoms with Gasteiger partial charge in [-0.05, 0) is 18.2 Å². The fraction of sp³-hybridized carbons (Fsp3) is 0.200. The molecule has 8 heteroatoms. The first-order valence-electron chi connectivity index (χ1n) is 8.45. The molecule has 144 valence electrons. The highest BCUT2D eigenvalue weighted by Gasteiger charge is 2.46. The molecule has 0 aliphatic carbocycles. The van der Waals surface area contributed by atoms with Crippen molar-refractivity contribution >= 4 is 17.2 Å². The van der Waals surface area contributed by atoms with Crippen molar-refractivity contribution in [2.24, 2.45) is 4.99 Å². The maximum Gasteiger partial charge on any atom is 0.425 e. The molecule has 0 bridgehead atoms. The Hall–Kier alpha value is -3.29. The molecule has 2 unspecified atom stereocenters. The number of rotatable bonds is 2. The molecular formula is C20H14F3NO4. The molecule has 2 aromatic carbocycles. The van der Waals surface area contributed by atoms with Crippen molar-refractivity contribution in [2.75, 3.05) is 0 Å². The first kappa shape index (κ1) is 18.1. The van der Waals surface area contributed by atoms with Crippen molar-refractivity contribution in [1.29, 1.82) is 0 Å². The van der Waals surface area contributed by atoms with Crippen LogP contribution in [0.15, 0.2) is 62.7 Å². The molecule has 0 saturated carbocycles. The first-order chi connectivity index (χ1) is 13.3. The lowest BCUT2D eigenvalue weighted by Crippen LogP contribution is -2.38.